The largest absolute Gasteiger partial charge is 0.365 e. The summed E-state index contributed by atoms with van der Waals surface area (Å²) in [5.41, 5.74) is 1.47. The van der Waals surface area contributed by atoms with Crippen LogP contribution >= 0.6 is 0 Å². The molecule has 0 fully saturated rings. The zero-order valence-corrected chi connectivity index (χ0v) is 10.2. The summed E-state index contributed by atoms with van der Waals surface area (Å²) in [6.45, 7) is 3.01. The summed E-state index contributed by atoms with van der Waals surface area (Å²) in [7, 11) is 1.84. The lowest BCUT2D eigenvalue weighted by molar-refractivity contribution is -0.119. The fourth-order valence-corrected chi connectivity index (χ4v) is 1.44. The number of anilines is 1. The minimum atomic E-state index is -0.00305. The molecular formula is C13H17N3O. The molecule has 0 atom stereocenters. The second kappa shape index (κ2) is 6.54. The van der Waals surface area contributed by atoms with Crippen molar-refractivity contribution in [2.75, 3.05) is 25.0 Å². The number of carbonyl (C=O) groups excluding carboxylic acids is 1. The lowest BCUT2D eigenvalue weighted by Crippen LogP contribution is -2.35. The summed E-state index contributed by atoms with van der Waals surface area (Å²) in [4.78, 5) is 13.3. The molecule has 0 aromatic heterocycles. The third-order valence-corrected chi connectivity index (χ3v) is 2.37. The standard InChI is InChI=1S/C13H17N3O/c1-3-7-15-13(17)10-16(2)12-6-4-5-11(8-12)9-14/h4-6,8H,3,7,10H2,1-2H3,(H,15,17). The van der Waals surface area contributed by atoms with Gasteiger partial charge in [0.25, 0.3) is 0 Å². The van der Waals surface area contributed by atoms with Gasteiger partial charge in [-0.15, -0.1) is 0 Å². The zero-order valence-electron chi connectivity index (χ0n) is 10.2. The second-order valence-corrected chi connectivity index (χ2v) is 3.87. The first-order valence-electron chi connectivity index (χ1n) is 5.65. The Morgan fingerprint density at radius 2 is 2.29 bits per heavy atom. The molecule has 0 saturated heterocycles. The first-order chi connectivity index (χ1) is 8.17. The number of benzene rings is 1. The van der Waals surface area contributed by atoms with Crippen molar-refractivity contribution in [2.45, 2.75) is 13.3 Å². The van der Waals surface area contributed by atoms with Gasteiger partial charge in [-0.25, -0.2) is 0 Å². The van der Waals surface area contributed by atoms with E-state index >= 15 is 0 Å². The number of carbonyl (C=O) groups is 1. The van der Waals surface area contributed by atoms with Gasteiger partial charge in [-0.3, -0.25) is 4.79 Å². The maximum absolute atomic E-state index is 11.5. The SMILES string of the molecule is CCCNC(=O)CN(C)c1cccc(C#N)c1. The van der Waals surface area contributed by atoms with Crippen LogP contribution < -0.4 is 10.2 Å². The number of amides is 1. The normalized spacial score (nSPS) is 9.47. The van der Waals surface area contributed by atoms with Crippen molar-refractivity contribution in [3.8, 4) is 6.07 Å². The Hall–Kier alpha value is -2.02. The van der Waals surface area contributed by atoms with Gasteiger partial charge >= 0.3 is 0 Å². The zero-order chi connectivity index (χ0) is 12.7. The smallest absolute Gasteiger partial charge is 0.239 e. The highest BCUT2D eigenvalue weighted by Crippen LogP contribution is 2.13. The fourth-order valence-electron chi connectivity index (χ4n) is 1.44. The van der Waals surface area contributed by atoms with Gasteiger partial charge in [0.2, 0.25) is 5.91 Å². The third kappa shape index (κ3) is 4.15. The molecule has 0 unspecified atom stereocenters. The Morgan fingerprint density at radius 3 is 2.94 bits per heavy atom. The average molecular weight is 231 g/mol. The van der Waals surface area contributed by atoms with Gasteiger partial charge in [-0.2, -0.15) is 5.26 Å². The van der Waals surface area contributed by atoms with Crippen LogP contribution in [0.4, 0.5) is 5.69 Å². The van der Waals surface area contributed by atoms with E-state index in [1.54, 1.807) is 12.1 Å². The number of hydrogen-bond acceptors (Lipinski definition) is 3. The molecule has 0 bridgehead atoms. The van der Waals surface area contributed by atoms with Crippen molar-refractivity contribution < 1.29 is 4.79 Å². The number of nitrogens with zero attached hydrogens (tertiary/aromatic N) is 2. The van der Waals surface area contributed by atoms with Crippen LogP contribution in [-0.2, 0) is 4.79 Å². The van der Waals surface area contributed by atoms with E-state index in [1.807, 2.05) is 31.0 Å². The van der Waals surface area contributed by atoms with Gasteiger partial charge in [0, 0.05) is 19.3 Å². The van der Waals surface area contributed by atoms with Crippen LogP contribution in [0.1, 0.15) is 18.9 Å². The van der Waals surface area contributed by atoms with Crippen LogP contribution in [0.2, 0.25) is 0 Å². The van der Waals surface area contributed by atoms with Gasteiger partial charge < -0.3 is 10.2 Å². The van der Waals surface area contributed by atoms with Crippen molar-refractivity contribution in [3.05, 3.63) is 29.8 Å². The monoisotopic (exact) mass is 231 g/mol. The van der Waals surface area contributed by atoms with E-state index in [4.69, 9.17) is 5.26 Å². The highest BCUT2D eigenvalue weighted by molar-refractivity contribution is 5.81. The quantitative estimate of drug-likeness (QED) is 0.836. The predicted molar refractivity (Wildman–Crippen MR) is 67.7 cm³/mol. The third-order valence-electron chi connectivity index (χ3n) is 2.37. The fraction of sp³-hybridized carbons (Fsp3) is 0.385. The molecule has 0 heterocycles. The summed E-state index contributed by atoms with van der Waals surface area (Å²) in [6.07, 6.45) is 0.930. The van der Waals surface area contributed by atoms with Crippen molar-refractivity contribution in [1.82, 2.24) is 5.32 Å². The molecule has 0 aliphatic carbocycles. The molecule has 0 spiro atoms. The molecule has 17 heavy (non-hydrogen) atoms. The van der Waals surface area contributed by atoms with Crippen molar-refractivity contribution in [3.63, 3.8) is 0 Å². The Balaban J connectivity index is 2.60. The summed E-state index contributed by atoms with van der Waals surface area (Å²) in [5, 5.41) is 11.6. The van der Waals surface area contributed by atoms with Crippen LogP contribution in [0.5, 0.6) is 0 Å². The van der Waals surface area contributed by atoms with E-state index in [-0.39, 0.29) is 5.91 Å². The number of hydrogen-bond donors (Lipinski definition) is 1. The first kappa shape index (κ1) is 13.0. The molecule has 1 aromatic carbocycles. The van der Waals surface area contributed by atoms with Crippen LogP contribution in [0.15, 0.2) is 24.3 Å². The predicted octanol–water partition coefficient (Wildman–Crippen LogP) is 1.52. The van der Waals surface area contributed by atoms with Gasteiger partial charge in [0.1, 0.15) is 0 Å². The topological polar surface area (TPSA) is 56.1 Å². The molecule has 1 aromatic rings. The van der Waals surface area contributed by atoms with Gasteiger partial charge in [0.15, 0.2) is 0 Å². The minimum Gasteiger partial charge on any atom is -0.365 e. The summed E-state index contributed by atoms with van der Waals surface area (Å²) < 4.78 is 0. The molecular weight excluding hydrogens is 214 g/mol. The summed E-state index contributed by atoms with van der Waals surface area (Å²) in [5.74, 6) is -0.00305. The number of nitriles is 1. The van der Waals surface area contributed by atoms with Crippen LogP contribution in [0.25, 0.3) is 0 Å². The Labute approximate surface area is 102 Å². The van der Waals surface area contributed by atoms with Gasteiger partial charge in [0.05, 0.1) is 18.2 Å². The Bertz CT molecular complexity index is 423. The highest BCUT2D eigenvalue weighted by Gasteiger charge is 2.06. The van der Waals surface area contributed by atoms with E-state index in [9.17, 15) is 4.79 Å². The molecule has 4 nitrogen and oxygen atoms in total. The van der Waals surface area contributed by atoms with Crippen molar-refractivity contribution >= 4 is 11.6 Å². The average Bonchev–Trinajstić information content (AvgIpc) is 2.36. The lowest BCUT2D eigenvalue weighted by atomic mass is 10.2. The number of likely N-dealkylation sites (N-methyl/N-ethyl adjacent to an activating group) is 1. The molecule has 4 heteroatoms. The second-order valence-electron chi connectivity index (χ2n) is 3.87. The van der Waals surface area contributed by atoms with Crippen LogP contribution in [-0.4, -0.2) is 26.0 Å². The minimum absolute atomic E-state index is 0.00305. The highest BCUT2D eigenvalue weighted by atomic mass is 16.2. The summed E-state index contributed by atoms with van der Waals surface area (Å²) >= 11 is 0. The first-order valence-corrected chi connectivity index (χ1v) is 5.65. The maximum atomic E-state index is 11.5. The Morgan fingerprint density at radius 1 is 1.53 bits per heavy atom. The number of rotatable bonds is 5. The molecule has 0 radical (unpaired) electrons. The summed E-state index contributed by atoms with van der Waals surface area (Å²) in [6, 6.07) is 9.29. The van der Waals surface area contributed by atoms with Crippen LogP contribution in [0.3, 0.4) is 0 Å². The molecule has 90 valence electrons. The van der Waals surface area contributed by atoms with Crippen LogP contribution in [0, 0.1) is 11.3 Å². The Kier molecular flexibility index (Phi) is 5.02. The van der Waals surface area contributed by atoms with E-state index < -0.39 is 0 Å². The van der Waals surface area contributed by atoms with Crippen molar-refractivity contribution in [1.29, 1.82) is 5.26 Å². The van der Waals surface area contributed by atoms with E-state index in [0.29, 0.717) is 18.7 Å². The molecule has 1 N–H and O–H groups in total. The lowest BCUT2D eigenvalue weighted by Gasteiger charge is -2.18. The maximum Gasteiger partial charge on any atom is 0.239 e. The van der Waals surface area contributed by atoms with E-state index in [2.05, 4.69) is 11.4 Å². The van der Waals surface area contributed by atoms with E-state index in [1.165, 1.54) is 0 Å². The number of nitrogens with one attached hydrogen (secondary N) is 1. The van der Waals surface area contributed by atoms with Gasteiger partial charge in [-0.05, 0) is 24.6 Å². The van der Waals surface area contributed by atoms with E-state index in [0.717, 1.165) is 12.1 Å². The van der Waals surface area contributed by atoms with Gasteiger partial charge in [-0.1, -0.05) is 13.0 Å². The molecule has 0 aliphatic heterocycles. The van der Waals surface area contributed by atoms with Crippen molar-refractivity contribution in [2.24, 2.45) is 0 Å². The molecule has 0 aliphatic rings. The molecule has 0 saturated carbocycles. The molecule has 1 amide bonds. The molecule has 1 rings (SSSR count).